The van der Waals surface area contributed by atoms with Crippen LogP contribution in [0.25, 0.3) is 0 Å². The standard InChI is InChI=1S/C14H8ClF5N2S/c15-9-6-8(2-4-10(9)16)21-13(23)22-12-5-7(14(18,19)20)1-3-11(12)17/h1-6H,(H2,21,22,23). The minimum atomic E-state index is -4.61. The Bertz CT molecular complexity index is 748. The fraction of sp³-hybridized carbons (Fsp3) is 0.0714. The van der Waals surface area contributed by atoms with Gasteiger partial charge < -0.3 is 10.6 Å². The third kappa shape index (κ3) is 4.52. The number of rotatable bonds is 2. The molecular weight excluding hydrogens is 359 g/mol. The Labute approximate surface area is 138 Å². The van der Waals surface area contributed by atoms with Crippen LogP contribution in [0, 0.1) is 11.6 Å². The van der Waals surface area contributed by atoms with Crippen molar-refractivity contribution in [2.75, 3.05) is 10.6 Å². The lowest BCUT2D eigenvalue weighted by Crippen LogP contribution is -2.20. The molecule has 2 rings (SSSR count). The Kier molecular flexibility index (Phi) is 5.06. The number of hydrogen-bond donors (Lipinski definition) is 2. The molecule has 2 aromatic carbocycles. The highest BCUT2D eigenvalue weighted by Gasteiger charge is 2.31. The van der Waals surface area contributed by atoms with Gasteiger partial charge in [-0.25, -0.2) is 8.78 Å². The monoisotopic (exact) mass is 366 g/mol. The van der Waals surface area contributed by atoms with Crippen LogP contribution in [-0.2, 0) is 6.18 Å². The van der Waals surface area contributed by atoms with Crippen molar-refractivity contribution >= 4 is 40.3 Å². The van der Waals surface area contributed by atoms with Gasteiger partial charge in [0.15, 0.2) is 5.11 Å². The highest BCUT2D eigenvalue weighted by atomic mass is 35.5. The van der Waals surface area contributed by atoms with Crippen molar-refractivity contribution in [1.29, 1.82) is 0 Å². The molecule has 0 aliphatic heterocycles. The van der Waals surface area contributed by atoms with E-state index in [0.29, 0.717) is 23.9 Å². The summed E-state index contributed by atoms with van der Waals surface area (Å²) in [5.41, 5.74) is -1.17. The van der Waals surface area contributed by atoms with E-state index in [-0.39, 0.29) is 10.1 Å². The third-order valence-corrected chi connectivity index (χ3v) is 3.21. The second-order valence-electron chi connectivity index (χ2n) is 4.40. The molecule has 122 valence electrons. The normalized spacial score (nSPS) is 11.2. The van der Waals surface area contributed by atoms with Crippen LogP contribution in [0.15, 0.2) is 36.4 Å². The van der Waals surface area contributed by atoms with E-state index in [0.717, 1.165) is 6.07 Å². The van der Waals surface area contributed by atoms with Crippen LogP contribution >= 0.6 is 23.8 Å². The summed E-state index contributed by atoms with van der Waals surface area (Å²) in [6.07, 6.45) is -4.61. The van der Waals surface area contributed by atoms with Gasteiger partial charge in [0.1, 0.15) is 11.6 Å². The third-order valence-electron chi connectivity index (χ3n) is 2.72. The van der Waals surface area contributed by atoms with Crippen molar-refractivity contribution < 1.29 is 22.0 Å². The molecule has 0 spiro atoms. The smallest absolute Gasteiger partial charge is 0.332 e. The Hall–Kier alpha value is -1.93. The minimum absolute atomic E-state index is 0.164. The van der Waals surface area contributed by atoms with E-state index in [9.17, 15) is 22.0 Å². The molecule has 0 aliphatic carbocycles. The lowest BCUT2D eigenvalue weighted by Gasteiger charge is -2.13. The second-order valence-corrected chi connectivity index (χ2v) is 5.22. The molecule has 0 atom stereocenters. The van der Waals surface area contributed by atoms with Crippen molar-refractivity contribution in [3.63, 3.8) is 0 Å². The minimum Gasteiger partial charge on any atom is -0.332 e. The summed E-state index contributed by atoms with van der Waals surface area (Å²) in [6.45, 7) is 0. The summed E-state index contributed by atoms with van der Waals surface area (Å²) in [5.74, 6) is -1.54. The first kappa shape index (κ1) is 17.4. The fourth-order valence-corrected chi connectivity index (χ4v) is 2.06. The summed E-state index contributed by atoms with van der Waals surface area (Å²) >= 11 is 10.5. The molecule has 0 unspecified atom stereocenters. The first-order valence-electron chi connectivity index (χ1n) is 6.06. The SMILES string of the molecule is Fc1ccc(NC(=S)Nc2cc(C(F)(F)F)ccc2F)cc1Cl. The first-order valence-corrected chi connectivity index (χ1v) is 6.85. The maximum absolute atomic E-state index is 13.6. The van der Waals surface area contributed by atoms with Gasteiger partial charge in [-0.2, -0.15) is 13.2 Å². The second kappa shape index (κ2) is 6.67. The molecule has 2 aromatic rings. The summed E-state index contributed by atoms with van der Waals surface area (Å²) in [4.78, 5) is 0. The van der Waals surface area contributed by atoms with Gasteiger partial charge in [-0.1, -0.05) is 11.6 Å². The average molecular weight is 367 g/mol. The van der Waals surface area contributed by atoms with Crippen molar-refractivity contribution in [3.8, 4) is 0 Å². The maximum Gasteiger partial charge on any atom is 0.416 e. The molecule has 0 fully saturated rings. The van der Waals surface area contributed by atoms with Crippen LogP contribution in [0.5, 0.6) is 0 Å². The van der Waals surface area contributed by atoms with Crippen molar-refractivity contribution in [2.24, 2.45) is 0 Å². The Morgan fingerprint density at radius 1 is 0.957 bits per heavy atom. The summed E-state index contributed by atoms with van der Waals surface area (Å²) < 4.78 is 64.5. The number of halogens is 6. The lowest BCUT2D eigenvalue weighted by atomic mass is 10.2. The molecule has 2 nitrogen and oxygen atoms in total. The van der Waals surface area contributed by atoms with Crippen molar-refractivity contribution in [2.45, 2.75) is 6.18 Å². The van der Waals surface area contributed by atoms with E-state index in [2.05, 4.69) is 10.6 Å². The van der Waals surface area contributed by atoms with Crippen LogP contribution < -0.4 is 10.6 Å². The zero-order valence-corrected chi connectivity index (χ0v) is 12.7. The van der Waals surface area contributed by atoms with Gasteiger partial charge in [0.05, 0.1) is 16.3 Å². The largest absolute Gasteiger partial charge is 0.416 e. The maximum atomic E-state index is 13.6. The first-order chi connectivity index (χ1) is 10.7. The van der Waals surface area contributed by atoms with Gasteiger partial charge in [-0.05, 0) is 48.6 Å². The number of benzene rings is 2. The summed E-state index contributed by atoms with van der Waals surface area (Å²) in [7, 11) is 0. The van der Waals surface area contributed by atoms with Gasteiger partial charge >= 0.3 is 6.18 Å². The molecule has 0 saturated heterocycles. The van der Waals surface area contributed by atoms with Crippen LogP contribution in [0.4, 0.5) is 33.3 Å². The molecule has 0 radical (unpaired) electrons. The van der Waals surface area contributed by atoms with E-state index >= 15 is 0 Å². The van der Waals surface area contributed by atoms with Gasteiger partial charge in [0.2, 0.25) is 0 Å². The van der Waals surface area contributed by atoms with E-state index < -0.39 is 29.1 Å². The van der Waals surface area contributed by atoms with E-state index in [1.807, 2.05) is 0 Å². The van der Waals surface area contributed by atoms with E-state index in [1.54, 1.807) is 0 Å². The highest BCUT2D eigenvalue weighted by Crippen LogP contribution is 2.31. The predicted molar refractivity (Wildman–Crippen MR) is 82.7 cm³/mol. The van der Waals surface area contributed by atoms with Gasteiger partial charge in [-0.3, -0.25) is 0 Å². The highest BCUT2D eigenvalue weighted by molar-refractivity contribution is 7.80. The molecule has 2 N–H and O–H groups in total. The van der Waals surface area contributed by atoms with E-state index in [4.69, 9.17) is 23.8 Å². The molecule has 0 aromatic heterocycles. The van der Waals surface area contributed by atoms with Gasteiger partial charge in [0, 0.05) is 5.69 Å². The van der Waals surface area contributed by atoms with Crippen LogP contribution in [0.2, 0.25) is 5.02 Å². The van der Waals surface area contributed by atoms with E-state index in [1.165, 1.54) is 12.1 Å². The van der Waals surface area contributed by atoms with Gasteiger partial charge in [-0.15, -0.1) is 0 Å². The lowest BCUT2D eigenvalue weighted by molar-refractivity contribution is -0.137. The quantitative estimate of drug-likeness (QED) is 0.546. The molecule has 9 heteroatoms. The molecule has 0 heterocycles. The van der Waals surface area contributed by atoms with Crippen molar-refractivity contribution in [1.82, 2.24) is 0 Å². The number of anilines is 2. The number of hydrogen-bond acceptors (Lipinski definition) is 1. The zero-order valence-electron chi connectivity index (χ0n) is 11.1. The Morgan fingerprint density at radius 2 is 1.61 bits per heavy atom. The van der Waals surface area contributed by atoms with Crippen LogP contribution in [-0.4, -0.2) is 5.11 Å². The Morgan fingerprint density at radius 3 is 2.22 bits per heavy atom. The summed E-state index contributed by atoms with van der Waals surface area (Å²) in [5, 5.41) is 4.54. The van der Waals surface area contributed by atoms with Gasteiger partial charge in [0.25, 0.3) is 0 Å². The molecule has 23 heavy (non-hydrogen) atoms. The molecule has 0 saturated carbocycles. The number of thiocarbonyl (C=S) groups is 1. The predicted octanol–water partition coefficient (Wildman–Crippen LogP) is 5.45. The number of alkyl halides is 3. The Balaban J connectivity index is 2.15. The number of nitrogens with one attached hydrogen (secondary N) is 2. The fourth-order valence-electron chi connectivity index (χ4n) is 1.66. The molecule has 0 aliphatic rings. The topological polar surface area (TPSA) is 24.1 Å². The van der Waals surface area contributed by atoms with Crippen LogP contribution in [0.3, 0.4) is 0 Å². The van der Waals surface area contributed by atoms with Crippen LogP contribution in [0.1, 0.15) is 5.56 Å². The zero-order chi connectivity index (χ0) is 17.2. The average Bonchev–Trinajstić information content (AvgIpc) is 2.44. The molecular formula is C14H8ClF5N2S. The molecule has 0 amide bonds. The summed E-state index contributed by atoms with van der Waals surface area (Å²) in [6, 6.07) is 5.53. The molecule has 0 bridgehead atoms. The van der Waals surface area contributed by atoms with Crippen molar-refractivity contribution in [3.05, 3.63) is 58.6 Å².